The van der Waals surface area contributed by atoms with Gasteiger partial charge in [-0.1, -0.05) is 62.4 Å². The molecule has 5 nitrogen and oxygen atoms in total. The van der Waals surface area contributed by atoms with Crippen LogP contribution in [0.1, 0.15) is 86.0 Å². The van der Waals surface area contributed by atoms with Crippen LogP contribution in [0.4, 0.5) is 13.2 Å². The highest BCUT2D eigenvalue weighted by Gasteiger charge is 2.74. The van der Waals surface area contributed by atoms with Gasteiger partial charge in [0.1, 0.15) is 0 Å². The summed E-state index contributed by atoms with van der Waals surface area (Å²) in [5.41, 5.74) is 0.540. The van der Waals surface area contributed by atoms with Gasteiger partial charge in [0, 0.05) is 63.6 Å². The van der Waals surface area contributed by atoms with Crippen molar-refractivity contribution in [2.45, 2.75) is 89.6 Å². The first-order chi connectivity index (χ1) is 23.2. The number of nitrogens with one attached hydrogen (secondary N) is 1. The second-order valence-electron chi connectivity index (χ2n) is 16.8. The van der Waals surface area contributed by atoms with E-state index in [-0.39, 0.29) is 28.6 Å². The number of β-amino-alcohol motifs (C(OH)–C–C–N with tert-alkyl or cyclic N) is 1. The monoisotopic (exact) mass is 670 g/mol. The van der Waals surface area contributed by atoms with Crippen molar-refractivity contribution >= 4 is 16.7 Å². The maximum Gasteiger partial charge on any atom is 0.416 e. The highest BCUT2D eigenvalue weighted by Crippen LogP contribution is 2.78. The maximum atomic E-state index is 14.7. The first-order valence-corrected chi connectivity index (χ1v) is 18.1. The first kappa shape index (κ1) is 31.8. The molecule has 3 fully saturated rings. The van der Waals surface area contributed by atoms with Gasteiger partial charge in [0.15, 0.2) is 5.78 Å². The number of hydrogen-bond acceptors (Lipinski definition) is 4. The number of carbonyl (C=O) groups is 1. The van der Waals surface area contributed by atoms with Gasteiger partial charge in [-0.05, 0) is 92.4 Å². The molecular weight excluding hydrogens is 625 g/mol. The number of aromatic nitrogens is 1. The van der Waals surface area contributed by atoms with E-state index in [1.807, 2.05) is 6.07 Å². The number of rotatable bonds is 4. The zero-order chi connectivity index (χ0) is 34.2. The highest BCUT2D eigenvalue weighted by molar-refractivity contribution is 6.10. The Hall–Kier alpha value is -3.20. The van der Waals surface area contributed by atoms with Crippen molar-refractivity contribution in [3.05, 3.63) is 94.7 Å². The fourth-order valence-electron chi connectivity index (χ4n) is 12.3. The van der Waals surface area contributed by atoms with E-state index in [0.29, 0.717) is 31.4 Å². The SMILES string of the molecule is CC12CCC(O)CC13C=CC1(C(C(=O)c4cccc(C(F)(F)F)c4)=C3)C2CCC2(C)C1CCC2(O)CN1CCc2c([nH]c3ccccc23)C1. The Morgan fingerprint density at radius 3 is 2.55 bits per heavy atom. The molecule has 8 heteroatoms. The van der Waals surface area contributed by atoms with E-state index in [1.54, 1.807) is 0 Å². The third-order valence-corrected chi connectivity index (χ3v) is 14.9. The summed E-state index contributed by atoms with van der Waals surface area (Å²) in [5, 5.41) is 25.1. The molecule has 49 heavy (non-hydrogen) atoms. The molecule has 8 unspecified atom stereocenters. The molecular formula is C41H45F3N2O3. The van der Waals surface area contributed by atoms with Crippen LogP contribution < -0.4 is 0 Å². The molecule has 2 spiro atoms. The summed E-state index contributed by atoms with van der Waals surface area (Å²) >= 11 is 0. The van der Waals surface area contributed by atoms with Gasteiger partial charge in [-0.3, -0.25) is 9.69 Å². The number of benzene rings is 2. The standard InChI is InChI=1S/C41H45F3N2O3/c1-36-14-10-27(47)21-38(36)17-18-40(30(22-38)35(48)25-6-5-7-26(20-25)41(42,43)44)33(36)11-15-37(2)34(40)12-16-39(37,49)24-46-19-13-29-28-8-3-4-9-31(28)45-32(29)23-46/h3-9,17-18,20,22,27,33-34,45,47,49H,10-16,19,21,23-24H2,1-2H3. The molecule has 0 amide bonds. The van der Waals surface area contributed by atoms with E-state index in [2.05, 4.69) is 60.2 Å². The molecule has 258 valence electrons. The van der Waals surface area contributed by atoms with Crippen molar-refractivity contribution in [3.63, 3.8) is 0 Å². The third-order valence-electron chi connectivity index (χ3n) is 14.9. The third kappa shape index (κ3) is 4.14. The van der Waals surface area contributed by atoms with Gasteiger partial charge in [0.25, 0.3) is 0 Å². The minimum absolute atomic E-state index is 0.0487. The molecule has 0 radical (unpaired) electrons. The Balaban J connectivity index is 1.11. The van der Waals surface area contributed by atoms with Crippen LogP contribution in [0.25, 0.3) is 10.9 Å². The Morgan fingerprint density at radius 2 is 1.73 bits per heavy atom. The summed E-state index contributed by atoms with van der Waals surface area (Å²) in [4.78, 5) is 20.7. The molecule has 2 heterocycles. The molecule has 3 saturated carbocycles. The topological polar surface area (TPSA) is 76.6 Å². The number of aliphatic hydroxyl groups excluding tert-OH is 1. The van der Waals surface area contributed by atoms with Gasteiger partial charge in [-0.2, -0.15) is 13.2 Å². The molecule has 10 rings (SSSR count). The number of nitrogens with zero attached hydrogens (tertiary/aromatic N) is 1. The molecule has 1 aliphatic heterocycles. The number of carbonyl (C=O) groups excluding carboxylic acids is 1. The predicted octanol–water partition coefficient (Wildman–Crippen LogP) is 8.02. The number of allylic oxidation sites excluding steroid dienone is 4. The first-order valence-electron chi connectivity index (χ1n) is 18.1. The Bertz CT molecular complexity index is 1950. The summed E-state index contributed by atoms with van der Waals surface area (Å²) in [6.45, 7) is 6.67. The van der Waals surface area contributed by atoms with Gasteiger partial charge in [-0.25, -0.2) is 0 Å². The average molecular weight is 671 g/mol. The van der Waals surface area contributed by atoms with Gasteiger partial charge in [0.2, 0.25) is 0 Å². The van der Waals surface area contributed by atoms with Crippen LogP contribution >= 0.6 is 0 Å². The van der Waals surface area contributed by atoms with Crippen LogP contribution in [0, 0.1) is 33.5 Å². The van der Waals surface area contributed by atoms with Crippen LogP contribution in [0.3, 0.4) is 0 Å². The van der Waals surface area contributed by atoms with Crippen LogP contribution in [0.15, 0.2) is 72.3 Å². The minimum atomic E-state index is -4.56. The number of hydrogen-bond donors (Lipinski definition) is 3. The zero-order valence-electron chi connectivity index (χ0n) is 28.2. The van der Waals surface area contributed by atoms with Crippen molar-refractivity contribution in [2.24, 2.45) is 33.5 Å². The summed E-state index contributed by atoms with van der Waals surface area (Å²) in [6, 6.07) is 13.2. The molecule has 2 bridgehead atoms. The van der Waals surface area contributed by atoms with E-state index >= 15 is 0 Å². The molecule has 2 aromatic carbocycles. The number of aliphatic hydroxyl groups is 2. The van der Waals surface area contributed by atoms with Crippen molar-refractivity contribution < 1.29 is 28.2 Å². The number of alkyl halides is 3. The summed E-state index contributed by atoms with van der Waals surface area (Å²) < 4.78 is 41.5. The second-order valence-corrected chi connectivity index (χ2v) is 16.8. The molecule has 6 aliphatic carbocycles. The van der Waals surface area contributed by atoms with Crippen molar-refractivity contribution in [1.29, 1.82) is 0 Å². The van der Waals surface area contributed by atoms with Gasteiger partial charge in [0.05, 0.1) is 17.3 Å². The Morgan fingerprint density at radius 1 is 0.980 bits per heavy atom. The summed E-state index contributed by atoms with van der Waals surface area (Å²) in [7, 11) is 0. The average Bonchev–Trinajstić information content (AvgIpc) is 3.57. The van der Waals surface area contributed by atoms with Crippen LogP contribution in [0.2, 0.25) is 0 Å². The van der Waals surface area contributed by atoms with Crippen molar-refractivity contribution in [2.75, 3.05) is 13.1 Å². The zero-order valence-corrected chi connectivity index (χ0v) is 28.2. The lowest BCUT2D eigenvalue weighted by Crippen LogP contribution is -2.67. The van der Waals surface area contributed by atoms with Crippen molar-refractivity contribution in [3.8, 4) is 0 Å². The quantitative estimate of drug-likeness (QED) is 0.194. The fraction of sp³-hybridized carbons (Fsp3) is 0.537. The van der Waals surface area contributed by atoms with Crippen LogP contribution in [0.5, 0.6) is 0 Å². The van der Waals surface area contributed by atoms with Gasteiger partial charge < -0.3 is 15.2 Å². The smallest absolute Gasteiger partial charge is 0.393 e. The Kier molecular flexibility index (Phi) is 6.61. The summed E-state index contributed by atoms with van der Waals surface area (Å²) in [6.07, 6.45) is 7.37. The summed E-state index contributed by atoms with van der Waals surface area (Å²) in [5.74, 6) is -0.336. The predicted molar refractivity (Wildman–Crippen MR) is 182 cm³/mol. The van der Waals surface area contributed by atoms with Crippen LogP contribution in [-0.4, -0.2) is 50.7 Å². The minimum Gasteiger partial charge on any atom is -0.393 e. The molecule has 1 aromatic heterocycles. The number of ketones is 1. The molecule has 8 atom stereocenters. The molecule has 7 aliphatic rings. The highest BCUT2D eigenvalue weighted by atomic mass is 19.4. The lowest BCUT2D eigenvalue weighted by atomic mass is 9.32. The number of halogens is 3. The normalized spacial score (nSPS) is 39.7. The van der Waals surface area contributed by atoms with Gasteiger partial charge in [-0.15, -0.1) is 0 Å². The fourth-order valence-corrected chi connectivity index (χ4v) is 12.3. The largest absolute Gasteiger partial charge is 0.416 e. The lowest BCUT2D eigenvalue weighted by molar-refractivity contribution is -0.176. The number of fused-ring (bicyclic) bond motifs is 4. The van der Waals surface area contributed by atoms with E-state index in [9.17, 15) is 28.2 Å². The number of H-pyrrole nitrogens is 1. The molecule has 3 aromatic rings. The number of para-hydroxylation sites is 1. The molecule has 0 saturated heterocycles. The number of aromatic amines is 1. The van der Waals surface area contributed by atoms with Crippen molar-refractivity contribution in [1.82, 2.24) is 9.88 Å². The van der Waals surface area contributed by atoms with E-state index in [0.717, 1.165) is 62.8 Å². The lowest BCUT2D eigenvalue weighted by Gasteiger charge is -2.71. The van der Waals surface area contributed by atoms with E-state index in [1.165, 1.54) is 28.8 Å². The van der Waals surface area contributed by atoms with Gasteiger partial charge >= 0.3 is 6.18 Å². The second kappa shape index (κ2) is 10.2. The van der Waals surface area contributed by atoms with E-state index < -0.39 is 39.7 Å². The molecule has 3 N–H and O–H groups in total. The Labute approximate surface area is 285 Å². The maximum absolute atomic E-state index is 14.7. The van der Waals surface area contributed by atoms with E-state index in [4.69, 9.17) is 0 Å². The van der Waals surface area contributed by atoms with Crippen LogP contribution in [-0.2, 0) is 19.1 Å². The number of Topliss-reactive ketones (excluding diaryl/α,β-unsaturated/α-hetero) is 1.